The van der Waals surface area contributed by atoms with Crippen molar-refractivity contribution < 1.29 is 14.6 Å². The molecular formula is C13H8Cl3NO3. The van der Waals surface area contributed by atoms with E-state index >= 15 is 0 Å². The number of pyridine rings is 1. The van der Waals surface area contributed by atoms with Crippen molar-refractivity contribution in [3.8, 4) is 16.9 Å². The second kappa shape index (κ2) is 5.87. The number of aromatic hydroxyl groups is 1. The molecule has 0 aliphatic carbocycles. The molecule has 2 rings (SSSR count). The summed E-state index contributed by atoms with van der Waals surface area (Å²) in [5.74, 6) is -1.02. The van der Waals surface area contributed by atoms with Crippen molar-refractivity contribution >= 4 is 40.8 Å². The number of hydrogen-bond acceptors (Lipinski definition) is 4. The van der Waals surface area contributed by atoms with Crippen LogP contribution in [0.2, 0.25) is 15.1 Å². The summed E-state index contributed by atoms with van der Waals surface area (Å²) in [6, 6.07) is 3.12. The van der Waals surface area contributed by atoms with E-state index in [1.807, 2.05) is 0 Å². The van der Waals surface area contributed by atoms with E-state index in [-0.39, 0.29) is 26.4 Å². The number of benzene rings is 1. The molecule has 104 valence electrons. The van der Waals surface area contributed by atoms with Gasteiger partial charge in [-0.3, -0.25) is 4.98 Å². The summed E-state index contributed by atoms with van der Waals surface area (Å²) < 4.78 is 4.64. The third-order valence-corrected chi connectivity index (χ3v) is 3.93. The molecule has 4 nitrogen and oxygen atoms in total. The predicted octanol–water partition coefficient (Wildman–Crippen LogP) is 4.20. The predicted molar refractivity (Wildman–Crippen MR) is 77.7 cm³/mol. The van der Waals surface area contributed by atoms with Crippen LogP contribution in [0.3, 0.4) is 0 Å². The van der Waals surface area contributed by atoms with Crippen molar-refractivity contribution in [1.29, 1.82) is 0 Å². The minimum absolute atomic E-state index is 0.0391. The van der Waals surface area contributed by atoms with Gasteiger partial charge in [-0.25, -0.2) is 4.79 Å². The number of carbonyl (C=O) groups is 1. The number of methoxy groups -OCH3 is 1. The number of nitrogens with zero attached hydrogens (tertiary/aromatic N) is 1. The van der Waals surface area contributed by atoms with Crippen LogP contribution in [-0.2, 0) is 4.74 Å². The summed E-state index contributed by atoms with van der Waals surface area (Å²) in [5, 5.41) is 10.4. The lowest BCUT2D eigenvalue weighted by atomic mass is 10.0. The number of rotatable bonds is 2. The van der Waals surface area contributed by atoms with E-state index in [4.69, 9.17) is 34.8 Å². The van der Waals surface area contributed by atoms with E-state index in [9.17, 15) is 9.90 Å². The van der Waals surface area contributed by atoms with Crippen molar-refractivity contribution in [1.82, 2.24) is 4.98 Å². The van der Waals surface area contributed by atoms with E-state index in [1.54, 1.807) is 6.07 Å². The second-order valence-corrected chi connectivity index (χ2v) is 4.96. The second-order valence-electron chi connectivity index (χ2n) is 3.80. The van der Waals surface area contributed by atoms with Gasteiger partial charge in [0.15, 0.2) is 0 Å². The fourth-order valence-corrected chi connectivity index (χ4v) is 2.34. The van der Waals surface area contributed by atoms with Gasteiger partial charge in [-0.1, -0.05) is 40.9 Å². The third-order valence-electron chi connectivity index (χ3n) is 2.64. The Bertz CT molecular complexity index is 689. The average Bonchev–Trinajstić information content (AvgIpc) is 2.44. The molecule has 0 amide bonds. The molecule has 1 heterocycles. The smallest absolute Gasteiger partial charge is 0.342 e. The van der Waals surface area contributed by atoms with Crippen molar-refractivity contribution in [3.63, 3.8) is 0 Å². The highest BCUT2D eigenvalue weighted by atomic mass is 35.5. The molecule has 0 aliphatic rings. The molecule has 0 fully saturated rings. The Labute approximate surface area is 129 Å². The van der Waals surface area contributed by atoms with Gasteiger partial charge in [0.25, 0.3) is 0 Å². The zero-order valence-corrected chi connectivity index (χ0v) is 12.4. The molecule has 7 heteroatoms. The molecule has 1 aromatic heterocycles. The maximum absolute atomic E-state index is 11.8. The molecule has 0 unspecified atom stereocenters. The molecule has 0 saturated carbocycles. The molecule has 20 heavy (non-hydrogen) atoms. The van der Waals surface area contributed by atoms with Crippen LogP contribution in [0, 0.1) is 0 Å². The summed E-state index contributed by atoms with van der Waals surface area (Å²) in [5.41, 5.74) is 0.688. The van der Waals surface area contributed by atoms with E-state index in [0.717, 1.165) is 6.20 Å². The number of ether oxygens (including phenoxy) is 1. The van der Waals surface area contributed by atoms with Crippen molar-refractivity contribution in [2.24, 2.45) is 0 Å². The van der Waals surface area contributed by atoms with Crippen LogP contribution in [0.1, 0.15) is 10.4 Å². The Balaban J connectivity index is 2.74. The quantitative estimate of drug-likeness (QED) is 0.661. The minimum atomic E-state index is -0.706. The lowest BCUT2D eigenvalue weighted by molar-refractivity contribution is 0.0598. The highest BCUT2D eigenvalue weighted by molar-refractivity contribution is 6.49. The van der Waals surface area contributed by atoms with Gasteiger partial charge in [-0.05, 0) is 6.07 Å². The van der Waals surface area contributed by atoms with E-state index in [0.29, 0.717) is 11.1 Å². The molecule has 0 atom stereocenters. The normalized spacial score (nSPS) is 10.4. The van der Waals surface area contributed by atoms with Crippen LogP contribution in [0.15, 0.2) is 24.5 Å². The van der Waals surface area contributed by atoms with Crippen LogP contribution in [0.25, 0.3) is 11.1 Å². The molecule has 1 N–H and O–H groups in total. The molecule has 2 aromatic rings. The van der Waals surface area contributed by atoms with Gasteiger partial charge < -0.3 is 9.84 Å². The minimum Gasteiger partial charge on any atom is -0.505 e. The van der Waals surface area contributed by atoms with Gasteiger partial charge in [0, 0.05) is 17.3 Å². The largest absolute Gasteiger partial charge is 0.505 e. The van der Waals surface area contributed by atoms with Crippen LogP contribution in [0.5, 0.6) is 5.75 Å². The molecule has 0 aliphatic heterocycles. The number of carbonyl (C=O) groups excluding carboxylic acids is 1. The van der Waals surface area contributed by atoms with Crippen LogP contribution in [0.4, 0.5) is 0 Å². The van der Waals surface area contributed by atoms with E-state index in [2.05, 4.69) is 9.72 Å². The lowest BCUT2D eigenvalue weighted by Gasteiger charge is -2.12. The summed E-state index contributed by atoms with van der Waals surface area (Å²) in [7, 11) is 1.21. The maximum atomic E-state index is 11.8. The Morgan fingerprint density at radius 3 is 2.50 bits per heavy atom. The first-order valence-electron chi connectivity index (χ1n) is 5.36. The SMILES string of the molecule is COC(=O)c1c(O)cncc1-c1ccc(Cl)c(Cl)c1Cl. The van der Waals surface area contributed by atoms with Gasteiger partial charge in [-0.2, -0.15) is 0 Å². The Hall–Kier alpha value is -1.49. The number of halogens is 3. The summed E-state index contributed by atoms with van der Waals surface area (Å²) in [4.78, 5) is 15.6. The van der Waals surface area contributed by atoms with Crippen molar-refractivity contribution in [2.45, 2.75) is 0 Å². The first kappa shape index (κ1) is 14.9. The van der Waals surface area contributed by atoms with Crippen LogP contribution >= 0.6 is 34.8 Å². The molecule has 0 spiro atoms. The number of hydrogen-bond donors (Lipinski definition) is 1. The first-order chi connectivity index (χ1) is 9.47. The lowest BCUT2D eigenvalue weighted by Crippen LogP contribution is -2.05. The Kier molecular flexibility index (Phi) is 4.38. The number of aromatic nitrogens is 1. The third kappa shape index (κ3) is 2.54. The van der Waals surface area contributed by atoms with Gasteiger partial charge in [-0.15, -0.1) is 0 Å². The monoisotopic (exact) mass is 331 g/mol. The molecular weight excluding hydrogens is 325 g/mol. The van der Waals surface area contributed by atoms with Crippen LogP contribution in [-0.4, -0.2) is 23.2 Å². The van der Waals surface area contributed by atoms with Crippen LogP contribution < -0.4 is 0 Å². The Morgan fingerprint density at radius 2 is 1.85 bits per heavy atom. The molecule has 1 aromatic carbocycles. The van der Waals surface area contributed by atoms with Gasteiger partial charge >= 0.3 is 5.97 Å². The first-order valence-corrected chi connectivity index (χ1v) is 6.50. The fraction of sp³-hybridized carbons (Fsp3) is 0.0769. The molecule has 0 saturated heterocycles. The highest BCUT2D eigenvalue weighted by Crippen LogP contribution is 2.40. The van der Waals surface area contributed by atoms with Gasteiger partial charge in [0.05, 0.1) is 28.4 Å². The summed E-state index contributed by atoms with van der Waals surface area (Å²) >= 11 is 18.0. The molecule has 0 radical (unpaired) electrons. The Morgan fingerprint density at radius 1 is 1.15 bits per heavy atom. The summed E-state index contributed by atoms with van der Waals surface area (Å²) in [6.45, 7) is 0. The topological polar surface area (TPSA) is 59.4 Å². The van der Waals surface area contributed by atoms with Gasteiger partial charge in [0.1, 0.15) is 11.3 Å². The average molecular weight is 333 g/mol. The zero-order valence-electron chi connectivity index (χ0n) is 10.2. The van der Waals surface area contributed by atoms with Crippen molar-refractivity contribution in [2.75, 3.05) is 7.11 Å². The van der Waals surface area contributed by atoms with Crippen molar-refractivity contribution in [3.05, 3.63) is 45.2 Å². The van der Waals surface area contributed by atoms with Gasteiger partial charge in [0.2, 0.25) is 0 Å². The van der Waals surface area contributed by atoms with E-state index in [1.165, 1.54) is 19.4 Å². The number of esters is 1. The zero-order chi connectivity index (χ0) is 14.9. The standard InChI is InChI=1S/C13H8Cl3NO3/c1-20-13(19)10-7(4-17-5-9(10)18)6-2-3-8(14)12(16)11(6)15/h2-5,18H,1H3. The summed E-state index contributed by atoms with van der Waals surface area (Å²) in [6.07, 6.45) is 2.53. The van der Waals surface area contributed by atoms with E-state index < -0.39 is 5.97 Å². The maximum Gasteiger partial charge on any atom is 0.342 e. The molecule has 0 bridgehead atoms. The fourth-order valence-electron chi connectivity index (χ4n) is 1.70. The highest BCUT2D eigenvalue weighted by Gasteiger charge is 2.21.